The lowest BCUT2D eigenvalue weighted by Gasteiger charge is -2.07. The minimum atomic E-state index is -0.441. The van der Waals surface area contributed by atoms with Gasteiger partial charge in [0.1, 0.15) is 10.6 Å². The zero-order chi connectivity index (χ0) is 17.3. The van der Waals surface area contributed by atoms with Crippen LogP contribution in [0.3, 0.4) is 0 Å². The molecule has 0 radical (unpaired) electrons. The van der Waals surface area contributed by atoms with Crippen molar-refractivity contribution in [2.24, 2.45) is 5.92 Å². The lowest BCUT2D eigenvalue weighted by atomic mass is 10.1. The van der Waals surface area contributed by atoms with Gasteiger partial charge in [0.25, 0.3) is 0 Å². The molecule has 2 atom stereocenters. The number of ether oxygens (including phenoxy) is 2. The number of benzene rings is 1. The van der Waals surface area contributed by atoms with Crippen LogP contribution in [0.1, 0.15) is 33.3 Å². The molecule has 1 saturated carbocycles. The molecule has 3 rings (SSSR count). The molecule has 2 unspecified atom stereocenters. The second-order valence-corrected chi connectivity index (χ2v) is 6.60. The molecule has 24 heavy (non-hydrogen) atoms. The Hall–Kier alpha value is -2.41. The number of hydrogen-bond donors (Lipinski definition) is 1. The number of hydrogen-bond acceptors (Lipinski definition) is 6. The molecule has 1 N–H and O–H groups in total. The van der Waals surface area contributed by atoms with E-state index in [0.29, 0.717) is 15.7 Å². The Morgan fingerprint density at radius 3 is 2.75 bits per heavy atom. The minimum absolute atomic E-state index is 0.0870. The van der Waals surface area contributed by atoms with Crippen molar-refractivity contribution < 1.29 is 19.1 Å². The molecule has 0 spiro atoms. The third-order valence-electron chi connectivity index (χ3n) is 4.06. The summed E-state index contributed by atoms with van der Waals surface area (Å²) in [5.41, 5.74) is 1.60. The molecule has 1 aromatic heterocycles. The fourth-order valence-electron chi connectivity index (χ4n) is 2.73. The summed E-state index contributed by atoms with van der Waals surface area (Å²) in [6, 6.07) is 7.74. The summed E-state index contributed by atoms with van der Waals surface area (Å²) in [6.07, 6.45) is 0.778. The van der Waals surface area contributed by atoms with E-state index in [1.807, 2.05) is 24.3 Å². The molecular formula is C17H18N2O4S. The van der Waals surface area contributed by atoms with E-state index in [0.717, 1.165) is 29.1 Å². The summed E-state index contributed by atoms with van der Waals surface area (Å²) in [5, 5.41) is 3.22. The van der Waals surface area contributed by atoms with Gasteiger partial charge in [-0.1, -0.05) is 29.5 Å². The highest BCUT2D eigenvalue weighted by molar-refractivity contribution is 7.17. The number of amides is 1. The molecule has 1 aliphatic carbocycles. The number of para-hydroxylation sites is 1. The van der Waals surface area contributed by atoms with Crippen molar-refractivity contribution in [3.8, 4) is 5.75 Å². The second kappa shape index (κ2) is 6.60. The number of aryl methyl sites for hydroxylation is 1. The van der Waals surface area contributed by atoms with Crippen molar-refractivity contribution in [3.05, 3.63) is 40.4 Å². The Kier molecular flexibility index (Phi) is 4.53. The monoisotopic (exact) mass is 346 g/mol. The van der Waals surface area contributed by atoms with Gasteiger partial charge in [-0.15, -0.1) is 0 Å². The Morgan fingerprint density at radius 2 is 2.04 bits per heavy atom. The molecule has 7 heteroatoms. The number of thiazole rings is 1. The number of aromatic nitrogens is 1. The van der Waals surface area contributed by atoms with E-state index in [1.54, 1.807) is 14.0 Å². The van der Waals surface area contributed by atoms with E-state index in [4.69, 9.17) is 9.47 Å². The molecule has 0 aliphatic heterocycles. The lowest BCUT2D eigenvalue weighted by Crippen LogP contribution is -2.14. The second-order valence-electron chi connectivity index (χ2n) is 5.61. The van der Waals surface area contributed by atoms with Crippen LogP contribution in [0.25, 0.3) is 0 Å². The quantitative estimate of drug-likeness (QED) is 0.842. The first-order chi connectivity index (χ1) is 11.5. The van der Waals surface area contributed by atoms with E-state index in [1.165, 1.54) is 7.11 Å². The van der Waals surface area contributed by atoms with Gasteiger partial charge in [0.15, 0.2) is 5.13 Å². The Labute approximate surface area is 143 Å². The number of carbonyl (C=O) groups is 2. The summed E-state index contributed by atoms with van der Waals surface area (Å²) in [5.74, 6) is 0.324. The smallest absolute Gasteiger partial charge is 0.350 e. The molecule has 6 nitrogen and oxygen atoms in total. The minimum Gasteiger partial charge on any atom is -0.496 e. The van der Waals surface area contributed by atoms with Gasteiger partial charge in [0.05, 0.1) is 19.9 Å². The van der Waals surface area contributed by atoms with Crippen molar-refractivity contribution in [2.75, 3.05) is 19.5 Å². The Balaban J connectivity index is 1.68. The largest absolute Gasteiger partial charge is 0.496 e. The first-order valence-electron chi connectivity index (χ1n) is 7.54. The zero-order valence-electron chi connectivity index (χ0n) is 13.7. The topological polar surface area (TPSA) is 77.5 Å². The molecule has 126 valence electrons. The van der Waals surface area contributed by atoms with Crippen LogP contribution < -0.4 is 10.1 Å². The van der Waals surface area contributed by atoms with Gasteiger partial charge in [-0.25, -0.2) is 9.78 Å². The first-order valence-corrected chi connectivity index (χ1v) is 8.36. The van der Waals surface area contributed by atoms with E-state index >= 15 is 0 Å². The van der Waals surface area contributed by atoms with Gasteiger partial charge in [0.2, 0.25) is 5.91 Å². The van der Waals surface area contributed by atoms with E-state index in [9.17, 15) is 9.59 Å². The molecule has 1 fully saturated rings. The summed E-state index contributed by atoms with van der Waals surface area (Å²) < 4.78 is 10.1. The standard InChI is InChI=1S/C17H18N2O4S/c1-9-14(16(21)23-3)24-17(18-9)19-15(20)12-8-11(12)10-6-4-5-7-13(10)22-2/h4-7,11-12H,8H2,1-3H3,(H,18,19,20). The van der Waals surface area contributed by atoms with E-state index < -0.39 is 5.97 Å². The third-order valence-corrected chi connectivity index (χ3v) is 5.12. The Bertz CT molecular complexity index is 787. The number of nitrogens with one attached hydrogen (secondary N) is 1. The fourth-order valence-corrected chi connectivity index (χ4v) is 3.62. The van der Waals surface area contributed by atoms with Crippen molar-refractivity contribution in [3.63, 3.8) is 0 Å². The lowest BCUT2D eigenvalue weighted by molar-refractivity contribution is -0.117. The highest BCUT2D eigenvalue weighted by Crippen LogP contribution is 2.50. The van der Waals surface area contributed by atoms with Gasteiger partial charge >= 0.3 is 5.97 Å². The van der Waals surface area contributed by atoms with Crippen molar-refractivity contribution in [2.45, 2.75) is 19.3 Å². The van der Waals surface area contributed by atoms with Crippen molar-refractivity contribution >= 4 is 28.3 Å². The molecule has 1 aliphatic rings. The maximum atomic E-state index is 12.4. The molecule has 1 heterocycles. The third kappa shape index (κ3) is 3.12. The van der Waals surface area contributed by atoms with Gasteiger partial charge in [-0.05, 0) is 30.9 Å². The molecule has 1 amide bonds. The first kappa shape index (κ1) is 16.4. The average molecular weight is 346 g/mol. The maximum absolute atomic E-state index is 12.4. The van der Waals surface area contributed by atoms with Gasteiger partial charge < -0.3 is 14.8 Å². The van der Waals surface area contributed by atoms with Crippen molar-refractivity contribution in [1.82, 2.24) is 4.98 Å². The number of carbonyl (C=O) groups excluding carboxylic acids is 2. The van der Waals surface area contributed by atoms with Crippen LogP contribution in [0.5, 0.6) is 5.75 Å². The van der Waals surface area contributed by atoms with E-state index in [2.05, 4.69) is 10.3 Å². The SMILES string of the molecule is COC(=O)c1sc(NC(=O)C2CC2c2ccccc2OC)nc1C. The summed E-state index contributed by atoms with van der Waals surface area (Å²) in [7, 11) is 2.95. The fraction of sp³-hybridized carbons (Fsp3) is 0.353. The zero-order valence-corrected chi connectivity index (χ0v) is 14.5. The van der Waals surface area contributed by atoms with Crippen molar-refractivity contribution in [1.29, 1.82) is 0 Å². The predicted molar refractivity (Wildman–Crippen MR) is 90.7 cm³/mol. The summed E-state index contributed by atoms with van der Waals surface area (Å²) in [4.78, 5) is 28.7. The Morgan fingerprint density at radius 1 is 1.29 bits per heavy atom. The maximum Gasteiger partial charge on any atom is 0.350 e. The van der Waals surface area contributed by atoms with Gasteiger partial charge in [-0.2, -0.15) is 0 Å². The van der Waals surface area contributed by atoms with E-state index in [-0.39, 0.29) is 17.7 Å². The number of nitrogens with zero attached hydrogens (tertiary/aromatic N) is 1. The van der Waals surface area contributed by atoms with Crippen LogP contribution in [0, 0.1) is 12.8 Å². The van der Waals surface area contributed by atoms with Crippen LogP contribution in [0.2, 0.25) is 0 Å². The van der Waals surface area contributed by atoms with Crippen LogP contribution in [-0.4, -0.2) is 31.1 Å². The summed E-state index contributed by atoms with van der Waals surface area (Å²) in [6.45, 7) is 1.72. The average Bonchev–Trinajstić information content (AvgIpc) is 3.31. The van der Waals surface area contributed by atoms with Crippen LogP contribution >= 0.6 is 11.3 Å². The van der Waals surface area contributed by atoms with Crippen LogP contribution in [-0.2, 0) is 9.53 Å². The molecule has 1 aromatic carbocycles. The molecule has 2 aromatic rings. The number of esters is 1. The predicted octanol–water partition coefficient (Wildman–Crippen LogP) is 2.99. The van der Waals surface area contributed by atoms with Crippen LogP contribution in [0.15, 0.2) is 24.3 Å². The molecule has 0 bridgehead atoms. The number of methoxy groups -OCH3 is 2. The number of rotatable bonds is 5. The summed E-state index contributed by atoms with van der Waals surface area (Å²) >= 11 is 1.13. The molecule has 0 saturated heterocycles. The van der Waals surface area contributed by atoms with Crippen LogP contribution in [0.4, 0.5) is 5.13 Å². The number of anilines is 1. The van der Waals surface area contributed by atoms with Gasteiger partial charge in [-0.3, -0.25) is 4.79 Å². The highest BCUT2D eigenvalue weighted by Gasteiger charge is 2.45. The normalized spacial score (nSPS) is 18.8. The highest BCUT2D eigenvalue weighted by atomic mass is 32.1. The van der Waals surface area contributed by atoms with Gasteiger partial charge in [0, 0.05) is 5.92 Å². The molecular weight excluding hydrogens is 328 g/mol.